The number of benzene rings is 1. The van der Waals surface area contributed by atoms with E-state index in [1.807, 2.05) is 0 Å². The minimum absolute atomic E-state index is 0.107. The molecule has 1 heterocycles. The summed E-state index contributed by atoms with van der Waals surface area (Å²) in [6.45, 7) is 0. The lowest BCUT2D eigenvalue weighted by molar-refractivity contribution is -0.383. The van der Waals surface area contributed by atoms with Gasteiger partial charge in [0.15, 0.2) is 0 Å². The van der Waals surface area contributed by atoms with Crippen LogP contribution < -0.4 is 5.32 Å². The molecule has 1 aromatic carbocycles. The maximum atomic E-state index is 13.7. The second-order valence-electron chi connectivity index (χ2n) is 3.28. The Labute approximate surface area is 104 Å². The number of nitrogens with zero attached hydrogens (tertiary/aromatic N) is 2. The van der Waals surface area contributed by atoms with E-state index in [0.717, 1.165) is 12.1 Å². The van der Waals surface area contributed by atoms with Crippen LogP contribution >= 0.6 is 15.9 Å². The number of pyridine rings is 1. The number of nitro benzene ring substituents is 1. The van der Waals surface area contributed by atoms with E-state index in [1.54, 1.807) is 7.05 Å². The molecule has 0 bridgehead atoms. The van der Waals surface area contributed by atoms with Gasteiger partial charge in [-0.2, -0.15) is 0 Å². The van der Waals surface area contributed by atoms with E-state index < -0.39 is 10.7 Å². The molecule has 7 heteroatoms. The molecule has 0 spiro atoms. The molecule has 0 saturated carbocycles. The minimum Gasteiger partial charge on any atom is -0.373 e. The molecule has 0 unspecified atom stereocenters. The number of nitrogens with one attached hydrogen (secondary N) is 1. The van der Waals surface area contributed by atoms with Crippen molar-refractivity contribution in [2.45, 2.75) is 0 Å². The molecule has 17 heavy (non-hydrogen) atoms. The van der Waals surface area contributed by atoms with E-state index in [0.29, 0.717) is 4.47 Å². The minimum atomic E-state index is -0.552. The van der Waals surface area contributed by atoms with Gasteiger partial charge in [-0.3, -0.25) is 10.1 Å². The standard InChI is InChI=1S/C10H7BrFN3O2/c1-13-10-9-6(12)2-3-7(15(16)17)8(9)5(11)4-14-10/h2-4H,1H3,(H,13,14). The summed E-state index contributed by atoms with van der Waals surface area (Å²) in [6, 6.07) is 2.21. The summed E-state index contributed by atoms with van der Waals surface area (Å²) in [4.78, 5) is 14.3. The van der Waals surface area contributed by atoms with Crippen molar-refractivity contribution in [3.63, 3.8) is 0 Å². The van der Waals surface area contributed by atoms with E-state index in [1.165, 1.54) is 6.20 Å². The topological polar surface area (TPSA) is 68.1 Å². The highest BCUT2D eigenvalue weighted by Crippen LogP contribution is 2.36. The highest BCUT2D eigenvalue weighted by Gasteiger charge is 2.20. The highest BCUT2D eigenvalue weighted by atomic mass is 79.9. The lowest BCUT2D eigenvalue weighted by Crippen LogP contribution is -1.98. The van der Waals surface area contributed by atoms with Crippen molar-refractivity contribution < 1.29 is 9.31 Å². The van der Waals surface area contributed by atoms with Gasteiger partial charge in [-0.25, -0.2) is 9.37 Å². The van der Waals surface area contributed by atoms with Gasteiger partial charge in [0.2, 0.25) is 0 Å². The Morgan fingerprint density at radius 2 is 2.18 bits per heavy atom. The van der Waals surface area contributed by atoms with Gasteiger partial charge in [-0.1, -0.05) is 0 Å². The second-order valence-corrected chi connectivity index (χ2v) is 4.13. The number of aromatic nitrogens is 1. The second kappa shape index (κ2) is 4.25. The van der Waals surface area contributed by atoms with E-state index in [4.69, 9.17) is 0 Å². The van der Waals surface area contributed by atoms with Gasteiger partial charge in [0.1, 0.15) is 11.6 Å². The highest BCUT2D eigenvalue weighted by molar-refractivity contribution is 9.10. The molecular formula is C10H7BrFN3O2. The van der Waals surface area contributed by atoms with Crippen LogP contribution in [0.4, 0.5) is 15.9 Å². The first kappa shape index (κ1) is 11.7. The van der Waals surface area contributed by atoms with Crippen LogP contribution in [0.3, 0.4) is 0 Å². The molecule has 1 N–H and O–H groups in total. The van der Waals surface area contributed by atoms with Gasteiger partial charge in [0.25, 0.3) is 5.69 Å². The number of hydrogen-bond donors (Lipinski definition) is 1. The van der Waals surface area contributed by atoms with E-state index >= 15 is 0 Å². The van der Waals surface area contributed by atoms with E-state index in [2.05, 4.69) is 26.2 Å². The molecule has 0 aliphatic heterocycles. The average molecular weight is 300 g/mol. The molecule has 0 aliphatic carbocycles. The molecule has 0 radical (unpaired) electrons. The summed E-state index contributed by atoms with van der Waals surface area (Å²) in [5.41, 5.74) is -0.160. The first-order valence-electron chi connectivity index (χ1n) is 4.65. The zero-order valence-corrected chi connectivity index (χ0v) is 10.3. The Morgan fingerprint density at radius 3 is 2.76 bits per heavy atom. The Morgan fingerprint density at radius 1 is 1.47 bits per heavy atom. The zero-order valence-electron chi connectivity index (χ0n) is 8.70. The molecule has 1 aromatic heterocycles. The Kier molecular flexibility index (Phi) is 2.93. The maximum absolute atomic E-state index is 13.7. The summed E-state index contributed by atoms with van der Waals surface area (Å²) < 4.78 is 14.1. The van der Waals surface area contributed by atoms with Gasteiger partial charge in [0, 0.05) is 19.3 Å². The van der Waals surface area contributed by atoms with Crippen molar-refractivity contribution in [3.05, 3.63) is 38.7 Å². The summed E-state index contributed by atoms with van der Waals surface area (Å²) in [6.07, 6.45) is 1.40. The summed E-state index contributed by atoms with van der Waals surface area (Å²) in [5.74, 6) is -0.284. The number of halogens is 2. The van der Waals surface area contributed by atoms with E-state index in [-0.39, 0.29) is 22.3 Å². The van der Waals surface area contributed by atoms with Crippen LogP contribution in [-0.2, 0) is 0 Å². The lowest BCUT2D eigenvalue weighted by atomic mass is 10.1. The number of anilines is 1. The average Bonchev–Trinajstić information content (AvgIpc) is 2.30. The van der Waals surface area contributed by atoms with Crippen molar-refractivity contribution in [2.75, 3.05) is 12.4 Å². The molecule has 0 amide bonds. The fraction of sp³-hybridized carbons (Fsp3) is 0.100. The summed E-state index contributed by atoms with van der Waals surface area (Å²) >= 11 is 3.15. The molecule has 2 rings (SSSR count). The molecule has 2 aromatic rings. The Balaban J connectivity index is 2.99. The van der Waals surface area contributed by atoms with Crippen molar-refractivity contribution in [1.82, 2.24) is 4.98 Å². The van der Waals surface area contributed by atoms with Gasteiger partial charge >= 0.3 is 0 Å². The molecule has 0 fully saturated rings. The predicted molar refractivity (Wildman–Crippen MR) is 65.6 cm³/mol. The fourth-order valence-corrected chi connectivity index (χ4v) is 2.14. The fourth-order valence-electron chi connectivity index (χ4n) is 1.63. The number of hydrogen-bond acceptors (Lipinski definition) is 4. The molecule has 0 aliphatic rings. The third kappa shape index (κ3) is 1.82. The Hall–Kier alpha value is -1.76. The van der Waals surface area contributed by atoms with Gasteiger partial charge < -0.3 is 5.32 Å². The van der Waals surface area contributed by atoms with Crippen molar-refractivity contribution in [2.24, 2.45) is 0 Å². The number of fused-ring (bicyclic) bond motifs is 1. The van der Waals surface area contributed by atoms with E-state index in [9.17, 15) is 14.5 Å². The number of rotatable bonds is 2. The molecule has 0 saturated heterocycles. The smallest absolute Gasteiger partial charge is 0.278 e. The van der Waals surface area contributed by atoms with Crippen LogP contribution in [0, 0.1) is 15.9 Å². The predicted octanol–water partition coefficient (Wildman–Crippen LogP) is 3.09. The SMILES string of the molecule is CNc1ncc(Br)c2c([N+](=O)[O-])ccc(F)c12. The molecule has 0 atom stereocenters. The van der Waals surface area contributed by atoms with Crippen LogP contribution in [0.2, 0.25) is 0 Å². The number of non-ortho nitro benzene ring substituents is 1. The number of nitro groups is 1. The third-order valence-electron chi connectivity index (χ3n) is 2.35. The van der Waals surface area contributed by atoms with Crippen LogP contribution in [0.5, 0.6) is 0 Å². The third-order valence-corrected chi connectivity index (χ3v) is 2.95. The zero-order chi connectivity index (χ0) is 12.6. The quantitative estimate of drug-likeness (QED) is 0.683. The van der Waals surface area contributed by atoms with Gasteiger partial charge in [-0.15, -0.1) is 0 Å². The van der Waals surface area contributed by atoms with Crippen LogP contribution in [0.25, 0.3) is 10.8 Å². The lowest BCUT2D eigenvalue weighted by Gasteiger charge is -2.07. The molecule has 5 nitrogen and oxygen atoms in total. The largest absolute Gasteiger partial charge is 0.373 e. The van der Waals surface area contributed by atoms with Crippen LogP contribution in [-0.4, -0.2) is 17.0 Å². The first-order chi connectivity index (χ1) is 8.06. The van der Waals surface area contributed by atoms with Crippen molar-refractivity contribution >= 4 is 38.2 Å². The molecule has 88 valence electrons. The van der Waals surface area contributed by atoms with Crippen molar-refractivity contribution in [1.29, 1.82) is 0 Å². The van der Waals surface area contributed by atoms with Gasteiger partial charge in [-0.05, 0) is 22.0 Å². The Bertz CT molecular complexity index is 618. The monoisotopic (exact) mass is 299 g/mol. The van der Waals surface area contributed by atoms with Crippen LogP contribution in [0.15, 0.2) is 22.8 Å². The summed E-state index contributed by atoms with van der Waals surface area (Å²) in [5, 5.41) is 13.9. The van der Waals surface area contributed by atoms with Gasteiger partial charge in [0.05, 0.1) is 20.2 Å². The van der Waals surface area contributed by atoms with Crippen molar-refractivity contribution in [3.8, 4) is 0 Å². The maximum Gasteiger partial charge on any atom is 0.278 e. The van der Waals surface area contributed by atoms with Crippen LogP contribution in [0.1, 0.15) is 0 Å². The summed E-state index contributed by atoms with van der Waals surface area (Å²) in [7, 11) is 1.58. The normalized spacial score (nSPS) is 10.5. The first-order valence-corrected chi connectivity index (χ1v) is 5.44. The molecular weight excluding hydrogens is 293 g/mol.